The van der Waals surface area contributed by atoms with E-state index in [1.54, 1.807) is 18.9 Å². The molecule has 0 unspecified atom stereocenters. The van der Waals surface area contributed by atoms with Crippen molar-refractivity contribution < 1.29 is 4.79 Å². The number of nitrogens with zero attached hydrogens (tertiary/aromatic N) is 1. The zero-order chi connectivity index (χ0) is 13.2. The lowest BCUT2D eigenvalue weighted by atomic mass is 10.6. The van der Waals surface area contributed by atoms with Crippen LogP contribution in [-0.4, -0.2) is 31.4 Å². The van der Waals surface area contributed by atoms with Gasteiger partial charge in [0.05, 0.1) is 0 Å². The lowest BCUT2D eigenvalue weighted by Crippen LogP contribution is -2.46. The molecule has 0 spiro atoms. The Hall–Kier alpha value is -1.50. The van der Waals surface area contributed by atoms with E-state index >= 15 is 0 Å². The summed E-state index contributed by atoms with van der Waals surface area (Å²) in [6, 6.07) is 0. The van der Waals surface area contributed by atoms with Crippen molar-refractivity contribution in [2.75, 3.05) is 13.2 Å². The molecule has 2 aliphatic carbocycles. The summed E-state index contributed by atoms with van der Waals surface area (Å²) in [6.07, 6.45) is 12.1. The van der Waals surface area contributed by atoms with Gasteiger partial charge in [-0.05, 0) is 12.2 Å². The molecule has 0 aromatic rings. The monoisotopic (exact) mass is 275 g/mol. The molecule has 4 heteroatoms. The van der Waals surface area contributed by atoms with Crippen molar-refractivity contribution >= 4 is 24.4 Å². The van der Waals surface area contributed by atoms with Crippen LogP contribution in [0.15, 0.2) is 58.3 Å². The SMILES string of the molecule is CC(=O)N(C)C[Si](Cl)(C1=C=CC=C1)C1=C=CC=C1. The van der Waals surface area contributed by atoms with Crippen molar-refractivity contribution in [1.29, 1.82) is 0 Å². The first kappa shape index (κ1) is 12.9. The predicted molar refractivity (Wildman–Crippen MR) is 76.4 cm³/mol. The summed E-state index contributed by atoms with van der Waals surface area (Å²) in [6.45, 7) is 1.55. The number of halogens is 1. The highest BCUT2D eigenvalue weighted by atomic mass is 35.6. The summed E-state index contributed by atoms with van der Waals surface area (Å²) in [5.41, 5.74) is 6.36. The third-order valence-corrected chi connectivity index (χ3v) is 7.86. The van der Waals surface area contributed by atoms with Gasteiger partial charge in [0.25, 0.3) is 7.38 Å². The third kappa shape index (κ3) is 2.35. The number of rotatable bonds is 4. The van der Waals surface area contributed by atoms with Gasteiger partial charge in [0.1, 0.15) is 0 Å². The topological polar surface area (TPSA) is 20.3 Å². The van der Waals surface area contributed by atoms with Crippen LogP contribution >= 0.6 is 11.1 Å². The molecule has 1 amide bonds. The first-order valence-corrected chi connectivity index (χ1v) is 8.94. The van der Waals surface area contributed by atoms with Crippen molar-refractivity contribution in [2.45, 2.75) is 6.92 Å². The molecular formula is C14H14ClNOSi. The minimum absolute atomic E-state index is 0.0191. The average molecular weight is 276 g/mol. The number of carbonyl (C=O) groups excluding carboxylic acids is 1. The Bertz CT molecular complexity index is 535. The normalized spacial score (nSPS) is 16.2. The van der Waals surface area contributed by atoms with Gasteiger partial charge in [-0.2, -0.15) is 11.1 Å². The molecule has 2 nitrogen and oxygen atoms in total. The van der Waals surface area contributed by atoms with Crippen LogP contribution in [0.5, 0.6) is 0 Å². The van der Waals surface area contributed by atoms with Gasteiger partial charge < -0.3 is 4.90 Å². The quantitative estimate of drug-likeness (QED) is 0.439. The highest BCUT2D eigenvalue weighted by Gasteiger charge is 2.40. The second kappa shape index (κ2) is 5.01. The van der Waals surface area contributed by atoms with Gasteiger partial charge in [0.15, 0.2) is 0 Å². The Morgan fingerprint density at radius 2 is 1.78 bits per heavy atom. The van der Waals surface area contributed by atoms with Crippen LogP contribution in [0, 0.1) is 0 Å². The van der Waals surface area contributed by atoms with Gasteiger partial charge in [-0.3, -0.25) is 4.79 Å². The smallest absolute Gasteiger partial charge is 0.251 e. The van der Waals surface area contributed by atoms with E-state index in [1.165, 1.54) is 0 Å². The highest BCUT2D eigenvalue weighted by Crippen LogP contribution is 2.32. The van der Waals surface area contributed by atoms with E-state index < -0.39 is 7.38 Å². The summed E-state index contributed by atoms with van der Waals surface area (Å²) in [5.74, 6) is 0.0191. The van der Waals surface area contributed by atoms with Crippen molar-refractivity contribution in [3.8, 4) is 0 Å². The van der Waals surface area contributed by atoms with Gasteiger partial charge in [0.2, 0.25) is 5.91 Å². The predicted octanol–water partition coefficient (Wildman–Crippen LogP) is 2.57. The first-order valence-electron chi connectivity index (χ1n) is 5.72. The van der Waals surface area contributed by atoms with Crippen LogP contribution in [-0.2, 0) is 4.79 Å². The molecule has 0 saturated heterocycles. The minimum atomic E-state index is -2.46. The number of hydrogen-bond donors (Lipinski definition) is 0. The van der Waals surface area contributed by atoms with Crippen molar-refractivity contribution in [3.63, 3.8) is 0 Å². The van der Waals surface area contributed by atoms with Gasteiger partial charge in [-0.15, -0.1) is 11.5 Å². The molecule has 92 valence electrons. The maximum Gasteiger partial charge on any atom is 0.251 e. The van der Waals surface area contributed by atoms with Crippen molar-refractivity contribution in [3.05, 3.63) is 58.3 Å². The standard InChI is InChI=1S/C14H14ClNOSi/c1-12(17)16(2)11-18(15,13-7-3-4-8-13)14-9-5-6-10-14/h3-7,9H,11H2,1-2H3. The summed E-state index contributed by atoms with van der Waals surface area (Å²) >= 11 is 6.89. The van der Waals surface area contributed by atoms with Gasteiger partial charge in [-0.1, -0.05) is 24.3 Å². The molecule has 0 saturated carbocycles. The zero-order valence-electron chi connectivity index (χ0n) is 10.4. The number of allylic oxidation sites excluding steroid dienone is 6. The van der Waals surface area contributed by atoms with E-state index in [9.17, 15) is 4.79 Å². The third-order valence-electron chi connectivity index (χ3n) is 3.04. The van der Waals surface area contributed by atoms with Gasteiger partial charge in [-0.25, -0.2) is 0 Å². The Balaban J connectivity index is 2.38. The van der Waals surface area contributed by atoms with Crippen molar-refractivity contribution in [2.24, 2.45) is 0 Å². The number of carbonyl (C=O) groups is 1. The lowest BCUT2D eigenvalue weighted by Gasteiger charge is -2.28. The van der Waals surface area contributed by atoms with E-state index in [2.05, 4.69) is 11.5 Å². The fraction of sp³-hybridized carbons (Fsp3) is 0.214. The fourth-order valence-electron chi connectivity index (χ4n) is 1.91. The summed E-state index contributed by atoms with van der Waals surface area (Å²) in [7, 11) is -0.681. The Morgan fingerprint density at radius 3 is 2.11 bits per heavy atom. The molecule has 0 heterocycles. The largest absolute Gasteiger partial charge is 0.347 e. The van der Waals surface area contributed by atoms with Crippen LogP contribution in [0.1, 0.15) is 6.92 Å². The number of hydrogen-bond acceptors (Lipinski definition) is 1. The molecule has 0 fully saturated rings. The van der Waals surface area contributed by atoms with Gasteiger partial charge >= 0.3 is 0 Å². The molecule has 0 radical (unpaired) electrons. The van der Waals surface area contributed by atoms with Crippen LogP contribution in [0.4, 0.5) is 0 Å². The molecule has 0 bridgehead atoms. The van der Waals surface area contributed by atoms with Gasteiger partial charge in [0, 0.05) is 30.5 Å². The van der Waals surface area contributed by atoms with Crippen LogP contribution in [0.2, 0.25) is 0 Å². The van der Waals surface area contributed by atoms with E-state index in [-0.39, 0.29) is 5.91 Å². The van der Waals surface area contributed by atoms with Crippen LogP contribution in [0.25, 0.3) is 0 Å². The zero-order valence-corrected chi connectivity index (χ0v) is 12.2. The van der Waals surface area contributed by atoms with Crippen LogP contribution < -0.4 is 0 Å². The Kier molecular flexibility index (Phi) is 3.60. The molecular weight excluding hydrogens is 262 g/mol. The summed E-state index contributed by atoms with van der Waals surface area (Å²) < 4.78 is 0. The molecule has 2 aliphatic rings. The van der Waals surface area contributed by atoms with E-state index in [1.807, 2.05) is 36.5 Å². The maximum atomic E-state index is 11.4. The molecule has 0 N–H and O–H groups in total. The summed E-state index contributed by atoms with van der Waals surface area (Å²) in [4.78, 5) is 13.1. The van der Waals surface area contributed by atoms with E-state index in [0.717, 1.165) is 10.4 Å². The van der Waals surface area contributed by atoms with Crippen LogP contribution in [0.3, 0.4) is 0 Å². The Morgan fingerprint density at radius 1 is 1.28 bits per heavy atom. The summed E-state index contributed by atoms with van der Waals surface area (Å²) in [5, 5.41) is 2.00. The Labute approximate surface area is 113 Å². The molecule has 0 atom stereocenters. The average Bonchev–Trinajstić information content (AvgIpc) is 3.02. The van der Waals surface area contributed by atoms with Crippen molar-refractivity contribution in [1.82, 2.24) is 4.90 Å². The second-order valence-electron chi connectivity index (χ2n) is 4.34. The highest BCUT2D eigenvalue weighted by molar-refractivity contribution is 7.28. The van der Waals surface area contributed by atoms with E-state index in [4.69, 9.17) is 11.1 Å². The molecule has 2 rings (SSSR count). The number of amides is 1. The second-order valence-corrected chi connectivity index (χ2v) is 9.28. The minimum Gasteiger partial charge on any atom is -0.347 e. The lowest BCUT2D eigenvalue weighted by molar-refractivity contribution is -0.126. The molecule has 0 aromatic carbocycles. The molecule has 18 heavy (non-hydrogen) atoms. The molecule has 0 aromatic heterocycles. The molecule has 0 aliphatic heterocycles. The first-order chi connectivity index (χ1) is 8.54. The fourth-order valence-corrected chi connectivity index (χ4v) is 6.00. The van der Waals surface area contributed by atoms with E-state index in [0.29, 0.717) is 6.17 Å². The maximum absolute atomic E-state index is 11.4.